The summed E-state index contributed by atoms with van der Waals surface area (Å²) < 4.78 is 16.1. The van der Waals surface area contributed by atoms with E-state index in [2.05, 4.69) is 6.07 Å². The summed E-state index contributed by atoms with van der Waals surface area (Å²) >= 11 is 0. The Bertz CT molecular complexity index is 987. The Morgan fingerprint density at radius 2 is 1.59 bits per heavy atom. The van der Waals surface area contributed by atoms with Gasteiger partial charge in [-0.2, -0.15) is 5.26 Å². The quantitative estimate of drug-likeness (QED) is 0.481. The van der Waals surface area contributed by atoms with Gasteiger partial charge in [0.25, 0.3) is 0 Å². The van der Waals surface area contributed by atoms with Gasteiger partial charge < -0.3 is 14.2 Å². The third kappa shape index (κ3) is 3.85. The van der Waals surface area contributed by atoms with Gasteiger partial charge in [0, 0.05) is 12.0 Å². The van der Waals surface area contributed by atoms with Crippen LogP contribution in [-0.4, -0.2) is 53.6 Å². The van der Waals surface area contributed by atoms with Crippen molar-refractivity contribution in [1.29, 1.82) is 5.26 Å². The van der Waals surface area contributed by atoms with E-state index < -0.39 is 47.0 Å². The summed E-state index contributed by atoms with van der Waals surface area (Å²) in [6.07, 6.45) is -2.74. The van der Waals surface area contributed by atoms with Gasteiger partial charge in [0.1, 0.15) is 28.8 Å². The molecule has 1 aromatic rings. The molecule has 2 heterocycles. The summed E-state index contributed by atoms with van der Waals surface area (Å²) in [4.78, 5) is 41.7. The van der Waals surface area contributed by atoms with Crippen molar-refractivity contribution < 1.29 is 28.6 Å². The van der Waals surface area contributed by atoms with E-state index >= 15 is 0 Å². The van der Waals surface area contributed by atoms with Crippen LogP contribution in [0.15, 0.2) is 24.3 Å². The van der Waals surface area contributed by atoms with E-state index in [0.29, 0.717) is 11.3 Å². The topological polar surface area (TPSA) is 109 Å². The fraction of sp³-hybridized carbons (Fsp3) is 0.565. The Kier molecular flexibility index (Phi) is 5.62. The maximum absolute atomic E-state index is 13.3. The first-order valence-electron chi connectivity index (χ1n) is 10.4. The minimum atomic E-state index is -1.36. The Balaban J connectivity index is 2.21. The third-order valence-corrected chi connectivity index (χ3v) is 5.31. The maximum Gasteiger partial charge on any atom is 0.416 e. The summed E-state index contributed by atoms with van der Waals surface area (Å²) in [5, 5.41) is 10.4. The number of carbonyl (C=O) groups is 3. The summed E-state index contributed by atoms with van der Waals surface area (Å²) in [6, 6.07) is 8.08. The number of amides is 2. The molecule has 0 aromatic heterocycles. The second-order valence-corrected chi connectivity index (χ2v) is 9.96. The second kappa shape index (κ2) is 7.69. The molecule has 2 aliphatic rings. The molecule has 3 atom stereocenters. The number of ether oxygens (including phenoxy) is 3. The van der Waals surface area contributed by atoms with Crippen molar-refractivity contribution in [2.45, 2.75) is 76.8 Å². The Morgan fingerprint density at radius 1 is 1.03 bits per heavy atom. The van der Waals surface area contributed by atoms with Crippen LogP contribution in [0.25, 0.3) is 0 Å². The molecule has 172 valence electrons. The van der Waals surface area contributed by atoms with Gasteiger partial charge >= 0.3 is 18.2 Å². The number of likely N-dealkylation sites (tertiary alicyclic amines) is 1. The number of benzene rings is 1. The lowest BCUT2D eigenvalue weighted by Crippen LogP contribution is -2.57. The highest BCUT2D eigenvalue weighted by Crippen LogP contribution is 2.54. The lowest BCUT2D eigenvalue weighted by Gasteiger charge is -2.37. The van der Waals surface area contributed by atoms with Gasteiger partial charge in [-0.05, 0) is 47.6 Å². The van der Waals surface area contributed by atoms with Crippen molar-refractivity contribution in [2.24, 2.45) is 0 Å². The number of fused-ring (bicyclic) bond motifs is 3. The third-order valence-electron chi connectivity index (χ3n) is 5.31. The van der Waals surface area contributed by atoms with E-state index in [1.165, 1.54) is 12.0 Å². The highest BCUT2D eigenvalue weighted by molar-refractivity contribution is 5.96. The molecule has 0 radical (unpaired) electrons. The van der Waals surface area contributed by atoms with E-state index in [1.54, 1.807) is 65.8 Å². The molecular weight excluding hydrogens is 414 g/mol. The molecule has 2 amide bonds. The van der Waals surface area contributed by atoms with Crippen LogP contribution in [0, 0.1) is 11.3 Å². The maximum atomic E-state index is 13.3. The molecule has 3 rings (SSSR count). The Morgan fingerprint density at radius 3 is 2.12 bits per heavy atom. The summed E-state index contributed by atoms with van der Waals surface area (Å²) in [7, 11) is 1.21. The molecule has 1 fully saturated rings. The molecule has 0 aliphatic carbocycles. The van der Waals surface area contributed by atoms with Crippen molar-refractivity contribution in [2.75, 3.05) is 12.0 Å². The van der Waals surface area contributed by atoms with Crippen molar-refractivity contribution in [3.8, 4) is 6.07 Å². The normalized spacial score (nSPS) is 24.3. The fourth-order valence-electron chi connectivity index (χ4n) is 4.25. The van der Waals surface area contributed by atoms with Crippen molar-refractivity contribution in [3.63, 3.8) is 0 Å². The first-order chi connectivity index (χ1) is 14.8. The second-order valence-electron chi connectivity index (χ2n) is 9.96. The zero-order valence-electron chi connectivity index (χ0n) is 19.5. The highest BCUT2D eigenvalue weighted by Gasteiger charge is 2.67. The molecule has 1 saturated heterocycles. The van der Waals surface area contributed by atoms with Crippen LogP contribution in [0.5, 0.6) is 0 Å². The zero-order chi connectivity index (χ0) is 24.1. The molecule has 0 unspecified atom stereocenters. The molecule has 9 heteroatoms. The van der Waals surface area contributed by atoms with Crippen LogP contribution in [0.3, 0.4) is 0 Å². The fourth-order valence-corrected chi connectivity index (χ4v) is 4.25. The van der Waals surface area contributed by atoms with E-state index in [9.17, 15) is 19.6 Å². The summed E-state index contributed by atoms with van der Waals surface area (Å²) in [6.45, 7) is 10.3. The summed E-state index contributed by atoms with van der Waals surface area (Å²) in [5.41, 5.74) is -2.05. The SMILES string of the molecule is COC(=O)[C@H]1C[C@@]2(C#N)c3ccccc3N(C(=O)OC(C)(C)C)[C@H]2N1C(=O)OC(C)(C)C. The largest absolute Gasteiger partial charge is 0.467 e. The summed E-state index contributed by atoms with van der Waals surface area (Å²) in [5.74, 6) is -0.693. The Labute approximate surface area is 187 Å². The standard InChI is InChI=1S/C23H29N3O6/c1-21(2,3)31-19(28)25-15-11-9-8-10-14(15)23(13-24)12-16(17(27)30-7)26(18(23)25)20(29)32-22(4,5)6/h8-11,16,18H,12H2,1-7H3/t16-,18+,23-/m1/s1. The van der Waals surface area contributed by atoms with Gasteiger partial charge in [0.05, 0.1) is 18.9 Å². The van der Waals surface area contributed by atoms with Crippen molar-refractivity contribution in [3.05, 3.63) is 29.8 Å². The number of para-hydroxylation sites is 1. The number of rotatable bonds is 1. The van der Waals surface area contributed by atoms with Crippen molar-refractivity contribution in [1.82, 2.24) is 4.90 Å². The number of esters is 1. The van der Waals surface area contributed by atoms with Crippen LogP contribution in [0.2, 0.25) is 0 Å². The average Bonchev–Trinajstić information content (AvgIpc) is 3.14. The van der Waals surface area contributed by atoms with Crippen molar-refractivity contribution >= 4 is 23.8 Å². The molecule has 0 spiro atoms. The molecular formula is C23H29N3O6. The first kappa shape index (κ1) is 23.4. The predicted molar refractivity (Wildman–Crippen MR) is 115 cm³/mol. The number of anilines is 1. The van der Waals surface area contributed by atoms with Crippen LogP contribution in [-0.2, 0) is 24.4 Å². The lowest BCUT2D eigenvalue weighted by atomic mass is 9.79. The molecule has 0 bridgehead atoms. The number of hydrogen-bond donors (Lipinski definition) is 0. The van der Waals surface area contributed by atoms with Gasteiger partial charge in [-0.25, -0.2) is 14.4 Å². The number of nitriles is 1. The van der Waals surface area contributed by atoms with Gasteiger partial charge in [0.2, 0.25) is 0 Å². The smallest absolute Gasteiger partial charge is 0.416 e. The molecule has 1 aromatic carbocycles. The highest BCUT2D eigenvalue weighted by atomic mass is 16.6. The molecule has 0 saturated carbocycles. The molecule has 32 heavy (non-hydrogen) atoms. The van der Waals surface area contributed by atoms with Gasteiger partial charge in [-0.3, -0.25) is 9.80 Å². The average molecular weight is 444 g/mol. The van der Waals surface area contributed by atoms with Crippen LogP contribution >= 0.6 is 0 Å². The first-order valence-corrected chi connectivity index (χ1v) is 10.4. The van der Waals surface area contributed by atoms with Crippen LogP contribution < -0.4 is 4.90 Å². The number of hydrogen-bond acceptors (Lipinski definition) is 7. The molecule has 9 nitrogen and oxygen atoms in total. The lowest BCUT2D eigenvalue weighted by molar-refractivity contribution is -0.146. The number of carbonyl (C=O) groups excluding carboxylic acids is 3. The number of methoxy groups -OCH3 is 1. The van der Waals surface area contributed by atoms with E-state index in [-0.39, 0.29) is 6.42 Å². The van der Waals surface area contributed by atoms with E-state index in [0.717, 1.165) is 4.90 Å². The van der Waals surface area contributed by atoms with Gasteiger partial charge in [-0.1, -0.05) is 18.2 Å². The van der Waals surface area contributed by atoms with Crippen LogP contribution in [0.4, 0.5) is 15.3 Å². The van der Waals surface area contributed by atoms with Crippen LogP contribution in [0.1, 0.15) is 53.5 Å². The molecule has 0 N–H and O–H groups in total. The van der Waals surface area contributed by atoms with Gasteiger partial charge in [-0.15, -0.1) is 0 Å². The van der Waals surface area contributed by atoms with Gasteiger partial charge in [0.15, 0.2) is 0 Å². The van der Waals surface area contributed by atoms with E-state index in [1.807, 2.05) is 0 Å². The minimum absolute atomic E-state index is 0.0452. The zero-order valence-corrected chi connectivity index (χ0v) is 19.5. The van der Waals surface area contributed by atoms with E-state index in [4.69, 9.17) is 14.2 Å². The Hall–Kier alpha value is -3.28. The minimum Gasteiger partial charge on any atom is -0.467 e. The predicted octanol–water partition coefficient (Wildman–Crippen LogP) is 3.71. The molecule has 2 aliphatic heterocycles. The number of nitrogens with zero attached hydrogens (tertiary/aromatic N) is 3. The monoisotopic (exact) mass is 443 g/mol.